The molecule has 1 aliphatic heterocycles. The number of nitrogens with zero attached hydrogens (tertiary/aromatic N) is 3. The Bertz CT molecular complexity index is 1360. The van der Waals surface area contributed by atoms with E-state index >= 15 is 0 Å². The number of hydrogen-bond donors (Lipinski definition) is 1. The maximum atomic E-state index is 13.4. The average molecular weight is 509 g/mol. The molecule has 3 heterocycles. The van der Waals surface area contributed by atoms with Gasteiger partial charge in [0.15, 0.2) is 5.11 Å². The van der Waals surface area contributed by atoms with Gasteiger partial charge in [0, 0.05) is 30.3 Å². The van der Waals surface area contributed by atoms with Gasteiger partial charge in [0.25, 0.3) is 0 Å². The lowest BCUT2D eigenvalue weighted by molar-refractivity contribution is -0.137. The number of benzene rings is 2. The van der Waals surface area contributed by atoms with Crippen LogP contribution in [0.5, 0.6) is 5.75 Å². The van der Waals surface area contributed by atoms with E-state index in [0.29, 0.717) is 17.3 Å². The third kappa shape index (κ3) is 4.66. The van der Waals surface area contributed by atoms with Crippen molar-refractivity contribution in [3.05, 3.63) is 114 Å². The summed E-state index contributed by atoms with van der Waals surface area (Å²) in [5, 5.41) is 3.94. The van der Waals surface area contributed by atoms with Crippen LogP contribution in [-0.4, -0.2) is 26.7 Å². The first kappa shape index (κ1) is 23.9. The van der Waals surface area contributed by atoms with E-state index in [1.54, 1.807) is 30.1 Å². The summed E-state index contributed by atoms with van der Waals surface area (Å²) in [6.45, 7) is 0.498. The number of aromatic nitrogens is 2. The van der Waals surface area contributed by atoms with Crippen LogP contribution in [0.2, 0.25) is 0 Å². The minimum Gasteiger partial charge on any atom is -0.497 e. The number of rotatable bonds is 6. The molecular weight excluding hydrogens is 485 g/mol. The van der Waals surface area contributed by atoms with Crippen molar-refractivity contribution in [2.24, 2.45) is 0 Å². The van der Waals surface area contributed by atoms with Crippen molar-refractivity contribution in [2.75, 3.05) is 7.11 Å². The van der Waals surface area contributed by atoms with Gasteiger partial charge in [0.2, 0.25) is 0 Å². The Morgan fingerprint density at radius 1 is 1.00 bits per heavy atom. The molecule has 2 aromatic heterocycles. The lowest BCUT2D eigenvalue weighted by Gasteiger charge is -2.29. The summed E-state index contributed by atoms with van der Waals surface area (Å²) in [5.74, 6) is 0.752. The molecule has 0 spiro atoms. The van der Waals surface area contributed by atoms with E-state index in [-0.39, 0.29) is 12.1 Å². The fourth-order valence-electron chi connectivity index (χ4n) is 4.53. The number of nitrogens with one attached hydrogen (secondary N) is 1. The molecule has 5 rings (SSSR count). The molecule has 36 heavy (non-hydrogen) atoms. The number of pyridine rings is 1. The van der Waals surface area contributed by atoms with Crippen molar-refractivity contribution in [1.82, 2.24) is 19.8 Å². The molecule has 2 aromatic carbocycles. The Kier molecular flexibility index (Phi) is 6.40. The highest BCUT2D eigenvalue weighted by Crippen LogP contribution is 2.41. The van der Waals surface area contributed by atoms with Crippen LogP contribution >= 0.6 is 12.2 Å². The SMILES string of the molecule is COc1ccc(CN2C(=S)N[C@H](c3ccccn3)[C@@H]2c2cccn2-c2cccc(C(F)(F)F)c2)cc1. The van der Waals surface area contributed by atoms with Crippen molar-refractivity contribution in [2.45, 2.75) is 24.8 Å². The van der Waals surface area contributed by atoms with Gasteiger partial charge in [0.1, 0.15) is 5.75 Å². The Balaban J connectivity index is 1.58. The summed E-state index contributed by atoms with van der Waals surface area (Å²) in [6, 6.07) is 21.8. The van der Waals surface area contributed by atoms with Gasteiger partial charge in [-0.1, -0.05) is 24.3 Å². The van der Waals surface area contributed by atoms with Gasteiger partial charge in [0.05, 0.1) is 30.5 Å². The normalized spacial score (nSPS) is 17.8. The van der Waals surface area contributed by atoms with E-state index in [0.717, 1.165) is 34.8 Å². The highest BCUT2D eigenvalue weighted by atomic mass is 32.1. The second kappa shape index (κ2) is 9.66. The molecule has 1 N–H and O–H groups in total. The third-order valence-electron chi connectivity index (χ3n) is 6.24. The van der Waals surface area contributed by atoms with Crippen LogP contribution in [0.25, 0.3) is 5.69 Å². The molecule has 1 saturated heterocycles. The lowest BCUT2D eigenvalue weighted by atomic mass is 10.0. The van der Waals surface area contributed by atoms with Gasteiger partial charge < -0.3 is 19.5 Å². The summed E-state index contributed by atoms with van der Waals surface area (Å²) in [4.78, 5) is 6.60. The lowest BCUT2D eigenvalue weighted by Crippen LogP contribution is -2.30. The van der Waals surface area contributed by atoms with Gasteiger partial charge in [-0.15, -0.1) is 0 Å². The second-order valence-electron chi connectivity index (χ2n) is 8.45. The minimum absolute atomic E-state index is 0.295. The molecule has 2 atom stereocenters. The summed E-state index contributed by atoms with van der Waals surface area (Å²) < 4.78 is 47.4. The van der Waals surface area contributed by atoms with Crippen molar-refractivity contribution in [3.63, 3.8) is 0 Å². The number of hydrogen-bond acceptors (Lipinski definition) is 3. The van der Waals surface area contributed by atoms with Crippen LogP contribution in [0.1, 0.15) is 34.6 Å². The summed E-state index contributed by atoms with van der Waals surface area (Å²) in [7, 11) is 1.62. The van der Waals surface area contributed by atoms with Crippen LogP contribution in [-0.2, 0) is 12.7 Å². The van der Waals surface area contributed by atoms with E-state index in [2.05, 4.69) is 15.2 Å². The molecule has 0 aliphatic carbocycles. The first-order valence-electron chi connectivity index (χ1n) is 11.3. The van der Waals surface area contributed by atoms with E-state index in [9.17, 15) is 13.2 Å². The molecule has 0 saturated carbocycles. The zero-order chi connectivity index (χ0) is 25.3. The predicted octanol–water partition coefficient (Wildman–Crippen LogP) is 6.07. The summed E-state index contributed by atoms with van der Waals surface area (Å²) >= 11 is 5.75. The first-order chi connectivity index (χ1) is 17.3. The highest BCUT2D eigenvalue weighted by Gasteiger charge is 2.41. The Labute approximate surface area is 212 Å². The maximum absolute atomic E-state index is 13.4. The maximum Gasteiger partial charge on any atom is 0.416 e. The van der Waals surface area contributed by atoms with Crippen molar-refractivity contribution in [3.8, 4) is 11.4 Å². The van der Waals surface area contributed by atoms with Crippen LogP contribution in [0, 0.1) is 0 Å². The smallest absolute Gasteiger partial charge is 0.416 e. The van der Waals surface area contributed by atoms with E-state index in [4.69, 9.17) is 17.0 Å². The fourth-order valence-corrected chi connectivity index (χ4v) is 4.83. The number of methoxy groups -OCH3 is 1. The molecular formula is C27H23F3N4OS. The van der Waals surface area contributed by atoms with Crippen LogP contribution in [0.15, 0.2) is 91.3 Å². The molecule has 9 heteroatoms. The van der Waals surface area contributed by atoms with Crippen LogP contribution < -0.4 is 10.1 Å². The number of ether oxygens (including phenoxy) is 1. The van der Waals surface area contributed by atoms with Crippen molar-refractivity contribution < 1.29 is 17.9 Å². The van der Waals surface area contributed by atoms with Gasteiger partial charge in [-0.2, -0.15) is 13.2 Å². The van der Waals surface area contributed by atoms with Gasteiger partial charge >= 0.3 is 6.18 Å². The Morgan fingerprint density at radius 3 is 2.50 bits per heavy atom. The quantitative estimate of drug-likeness (QED) is 0.320. The van der Waals surface area contributed by atoms with Crippen LogP contribution in [0.4, 0.5) is 13.2 Å². The monoisotopic (exact) mass is 508 g/mol. The minimum atomic E-state index is -4.43. The van der Waals surface area contributed by atoms with Crippen molar-refractivity contribution in [1.29, 1.82) is 0 Å². The number of halogens is 3. The van der Waals surface area contributed by atoms with Gasteiger partial charge in [-0.05, 0) is 72.4 Å². The molecule has 0 amide bonds. The fraction of sp³-hybridized carbons (Fsp3) is 0.185. The number of thiocarbonyl (C=S) groups is 1. The zero-order valence-corrected chi connectivity index (χ0v) is 20.1. The highest BCUT2D eigenvalue weighted by molar-refractivity contribution is 7.80. The van der Waals surface area contributed by atoms with E-state index in [1.807, 2.05) is 54.6 Å². The zero-order valence-electron chi connectivity index (χ0n) is 19.3. The molecule has 0 radical (unpaired) electrons. The molecule has 0 bridgehead atoms. The van der Waals surface area contributed by atoms with E-state index < -0.39 is 11.7 Å². The summed E-state index contributed by atoms with van der Waals surface area (Å²) in [5.41, 5.74) is 2.33. The third-order valence-corrected chi connectivity index (χ3v) is 6.60. The van der Waals surface area contributed by atoms with Gasteiger partial charge in [-0.25, -0.2) is 0 Å². The average Bonchev–Trinajstić information content (AvgIpc) is 3.49. The molecule has 184 valence electrons. The first-order valence-corrected chi connectivity index (χ1v) is 11.7. The second-order valence-corrected chi connectivity index (χ2v) is 8.84. The van der Waals surface area contributed by atoms with Crippen molar-refractivity contribution >= 4 is 17.3 Å². The standard InChI is InChI=1S/C27H23F3N4OS/c1-35-21-12-10-18(11-13-21)17-34-25(24(32-26(34)36)22-8-2-3-14-31-22)23-9-5-15-33(23)20-7-4-6-19(16-20)27(28,29)30/h2-16,24-25H,17H2,1H3,(H,32,36)/t24-,25+/m1/s1. The van der Waals surface area contributed by atoms with Crippen LogP contribution in [0.3, 0.4) is 0 Å². The Hall–Kier alpha value is -3.85. The molecule has 4 aromatic rings. The topological polar surface area (TPSA) is 42.3 Å². The van der Waals surface area contributed by atoms with Gasteiger partial charge in [-0.3, -0.25) is 4.98 Å². The summed E-state index contributed by atoms with van der Waals surface area (Å²) in [6.07, 6.45) is -0.945. The van der Waals surface area contributed by atoms with E-state index in [1.165, 1.54) is 6.07 Å². The number of alkyl halides is 3. The molecule has 5 nitrogen and oxygen atoms in total. The largest absolute Gasteiger partial charge is 0.497 e. The molecule has 1 fully saturated rings. The Morgan fingerprint density at radius 2 is 1.81 bits per heavy atom. The molecule has 1 aliphatic rings. The predicted molar refractivity (Wildman–Crippen MR) is 135 cm³/mol. The molecule has 0 unspecified atom stereocenters.